The van der Waals surface area contributed by atoms with Crippen LogP contribution in [-0.4, -0.2) is 72.8 Å². The quantitative estimate of drug-likeness (QED) is 0.218. The van der Waals surface area contributed by atoms with Crippen molar-refractivity contribution in [1.29, 1.82) is 0 Å². The number of nitro groups is 1. The van der Waals surface area contributed by atoms with Crippen LogP contribution in [0.1, 0.15) is 50.6 Å². The number of piperidine rings is 1. The predicted molar refractivity (Wildman–Crippen MR) is 131 cm³/mol. The van der Waals surface area contributed by atoms with Gasteiger partial charge in [0, 0.05) is 19.3 Å². The maximum absolute atomic E-state index is 10.6. The number of nitrogens with one attached hydrogen (secondary N) is 2. The third-order valence-electron chi connectivity index (χ3n) is 6.18. The van der Waals surface area contributed by atoms with Crippen LogP contribution in [0, 0.1) is 10.1 Å². The zero-order valence-electron chi connectivity index (χ0n) is 19.8. The Hall–Kier alpha value is -2.45. The van der Waals surface area contributed by atoms with E-state index in [4.69, 9.17) is 5.73 Å². The number of rotatable bonds is 7. The van der Waals surface area contributed by atoms with Gasteiger partial charge in [-0.2, -0.15) is 10.2 Å². The summed E-state index contributed by atoms with van der Waals surface area (Å²) in [6.45, 7) is 5.26. The van der Waals surface area contributed by atoms with Crippen molar-refractivity contribution in [3.05, 3.63) is 34.9 Å². The van der Waals surface area contributed by atoms with E-state index in [2.05, 4.69) is 20.8 Å². The largest absolute Gasteiger partial charge is 0.437 e. The Balaban J connectivity index is 0.000000192. The van der Waals surface area contributed by atoms with E-state index in [1.807, 2.05) is 15.9 Å². The van der Waals surface area contributed by atoms with Gasteiger partial charge in [0.1, 0.15) is 12.4 Å². The average molecular weight is 475 g/mol. The fourth-order valence-electron chi connectivity index (χ4n) is 4.55. The predicted octanol–water partition coefficient (Wildman–Crippen LogP) is 0.692. The Morgan fingerprint density at radius 3 is 2.09 bits per heavy atom. The molecule has 1 aliphatic heterocycles. The molecule has 0 aromatic carbocycles. The first-order valence-electron chi connectivity index (χ1n) is 11.8. The van der Waals surface area contributed by atoms with Gasteiger partial charge in [-0.15, -0.1) is 0 Å². The van der Waals surface area contributed by atoms with Gasteiger partial charge in [0.05, 0.1) is 28.9 Å². The number of hydrogen-bond acceptors (Lipinski definition) is 10. The van der Waals surface area contributed by atoms with E-state index in [-0.39, 0.29) is 11.7 Å². The van der Waals surface area contributed by atoms with Crippen LogP contribution in [0.3, 0.4) is 0 Å². The van der Waals surface area contributed by atoms with Crippen molar-refractivity contribution < 1.29 is 15.0 Å². The Bertz CT molecular complexity index is 894. The van der Waals surface area contributed by atoms with Crippen LogP contribution in [0.4, 0.5) is 11.4 Å². The highest BCUT2D eigenvalue weighted by atomic mass is 16.6. The molecule has 0 bridgehead atoms. The van der Waals surface area contributed by atoms with Gasteiger partial charge in [0.25, 0.3) is 0 Å². The van der Waals surface area contributed by atoms with Crippen LogP contribution in [0.5, 0.6) is 0 Å². The fourth-order valence-corrected chi connectivity index (χ4v) is 4.55. The maximum Gasteiger partial charge on any atom is 0.388 e. The molecule has 0 spiro atoms. The van der Waals surface area contributed by atoms with Crippen molar-refractivity contribution in [2.75, 3.05) is 18.8 Å². The lowest BCUT2D eigenvalue weighted by Gasteiger charge is -2.32. The number of hydrogen-bond donors (Lipinski definition) is 5. The molecule has 2 fully saturated rings. The van der Waals surface area contributed by atoms with E-state index in [1.54, 1.807) is 24.5 Å². The third kappa shape index (κ3) is 7.81. The first kappa shape index (κ1) is 26.2. The number of aromatic nitrogens is 4. The normalized spacial score (nSPS) is 21.5. The standard InChI is InChI=1S/C10H17BN4O3.C9H18BN5O/c1-11(16)13-8-2-4-9(5-3-8)14-7-10(6-12-14)15(17)18;1-10(16)13-14-4-2-9(3-5-14)15-7-8(11)6-12-15/h6-9,13,16H,2-5H2,1H3;6-7,9,13,16H,2-5,11H2,1H3. The van der Waals surface area contributed by atoms with Gasteiger partial charge in [-0.3, -0.25) is 29.8 Å². The molecule has 1 saturated heterocycles. The number of nitrogens with two attached hydrogens (primary N) is 1. The van der Waals surface area contributed by atoms with Crippen molar-refractivity contribution in [2.24, 2.45) is 0 Å². The van der Waals surface area contributed by atoms with E-state index in [1.165, 1.54) is 12.4 Å². The highest BCUT2D eigenvalue weighted by molar-refractivity contribution is 6.45. The second kappa shape index (κ2) is 12.3. The second-order valence-corrected chi connectivity index (χ2v) is 9.06. The summed E-state index contributed by atoms with van der Waals surface area (Å²) in [7, 11) is -0.978. The fraction of sp³-hybridized carbons (Fsp3) is 0.684. The molecule has 186 valence electrons. The number of hydrazine groups is 1. The van der Waals surface area contributed by atoms with Crippen LogP contribution in [0.2, 0.25) is 13.6 Å². The zero-order valence-corrected chi connectivity index (χ0v) is 19.8. The molecule has 0 unspecified atom stereocenters. The van der Waals surface area contributed by atoms with Crippen LogP contribution in [0.15, 0.2) is 24.8 Å². The molecule has 3 heterocycles. The summed E-state index contributed by atoms with van der Waals surface area (Å²) in [5.41, 5.74) is 6.39. The number of nitrogen functional groups attached to an aromatic ring is 1. The minimum absolute atomic E-state index is 0.0410. The lowest BCUT2D eigenvalue weighted by atomic mass is 9.82. The van der Waals surface area contributed by atoms with Crippen molar-refractivity contribution in [3.8, 4) is 0 Å². The van der Waals surface area contributed by atoms with E-state index < -0.39 is 19.0 Å². The molecule has 1 aliphatic carbocycles. The highest BCUT2D eigenvalue weighted by Gasteiger charge is 2.25. The Morgan fingerprint density at radius 2 is 1.59 bits per heavy atom. The maximum atomic E-state index is 10.6. The lowest BCUT2D eigenvalue weighted by Crippen LogP contribution is -2.50. The number of anilines is 1. The smallest absolute Gasteiger partial charge is 0.388 e. The summed E-state index contributed by atoms with van der Waals surface area (Å²) in [5, 5.41) is 45.5. The van der Waals surface area contributed by atoms with E-state index >= 15 is 0 Å². The molecule has 0 radical (unpaired) electrons. The van der Waals surface area contributed by atoms with Crippen LogP contribution < -0.4 is 16.3 Å². The van der Waals surface area contributed by atoms with Gasteiger partial charge in [-0.25, -0.2) is 0 Å². The molecular weight excluding hydrogens is 440 g/mol. The minimum Gasteiger partial charge on any atom is -0.437 e. The van der Waals surface area contributed by atoms with Gasteiger partial charge in [-0.05, 0) is 58.2 Å². The van der Waals surface area contributed by atoms with Crippen molar-refractivity contribution in [2.45, 2.75) is 70.3 Å². The van der Waals surface area contributed by atoms with Crippen LogP contribution >= 0.6 is 0 Å². The monoisotopic (exact) mass is 475 g/mol. The van der Waals surface area contributed by atoms with E-state index in [0.29, 0.717) is 17.8 Å². The first-order chi connectivity index (χ1) is 16.2. The third-order valence-corrected chi connectivity index (χ3v) is 6.18. The first-order valence-corrected chi connectivity index (χ1v) is 11.8. The lowest BCUT2D eigenvalue weighted by molar-refractivity contribution is -0.385. The average Bonchev–Trinajstić information content (AvgIpc) is 3.44. The van der Waals surface area contributed by atoms with E-state index in [0.717, 1.165) is 51.6 Å². The van der Waals surface area contributed by atoms with Gasteiger partial charge in [-0.1, -0.05) is 0 Å². The summed E-state index contributed by atoms with van der Waals surface area (Å²) < 4.78 is 3.63. The summed E-state index contributed by atoms with van der Waals surface area (Å²) in [6.07, 6.45) is 12.1. The van der Waals surface area contributed by atoms with Gasteiger partial charge >= 0.3 is 19.8 Å². The minimum atomic E-state index is -0.489. The topological polar surface area (TPSA) is 173 Å². The van der Waals surface area contributed by atoms with Gasteiger partial charge in [0.15, 0.2) is 0 Å². The van der Waals surface area contributed by atoms with Crippen LogP contribution in [0.25, 0.3) is 0 Å². The van der Waals surface area contributed by atoms with Crippen molar-refractivity contribution in [3.63, 3.8) is 0 Å². The van der Waals surface area contributed by atoms with Crippen molar-refractivity contribution in [1.82, 2.24) is 35.1 Å². The molecule has 6 N–H and O–H groups in total. The molecule has 0 atom stereocenters. The molecule has 2 aromatic rings. The molecule has 13 nitrogen and oxygen atoms in total. The molecule has 1 saturated carbocycles. The summed E-state index contributed by atoms with van der Waals surface area (Å²) in [5.74, 6) is 0. The highest BCUT2D eigenvalue weighted by Crippen LogP contribution is 2.29. The molecule has 0 amide bonds. The summed E-state index contributed by atoms with van der Waals surface area (Å²) in [4.78, 5) is 10.2. The van der Waals surface area contributed by atoms with Gasteiger partial charge < -0.3 is 21.0 Å². The molecule has 34 heavy (non-hydrogen) atoms. The molecule has 2 aliphatic rings. The molecule has 2 aromatic heterocycles. The van der Waals surface area contributed by atoms with E-state index in [9.17, 15) is 20.2 Å². The Labute approximate surface area is 200 Å². The van der Waals surface area contributed by atoms with Crippen molar-refractivity contribution >= 4 is 25.5 Å². The molecular formula is C19H35B2N9O4. The number of nitrogens with zero attached hydrogens (tertiary/aromatic N) is 6. The summed E-state index contributed by atoms with van der Waals surface area (Å²) >= 11 is 0. The second-order valence-electron chi connectivity index (χ2n) is 9.06. The van der Waals surface area contributed by atoms with Crippen LogP contribution in [-0.2, 0) is 0 Å². The molecule has 15 heteroatoms. The summed E-state index contributed by atoms with van der Waals surface area (Å²) in [6, 6.07) is 0.974. The van der Waals surface area contributed by atoms with Gasteiger partial charge in [0.2, 0.25) is 0 Å². The zero-order chi connectivity index (χ0) is 24.7. The Morgan fingerprint density at radius 1 is 1.00 bits per heavy atom. The Kier molecular flexibility index (Phi) is 9.47. The molecule has 4 rings (SSSR count). The SMILES string of the molecule is CB(O)NC1CCC(n2cc([N+](=O)[O-])cn2)CC1.CB(O)NN1CCC(n2cc(N)cn2)CC1.